The molecule has 0 heterocycles. The van der Waals surface area contributed by atoms with Crippen molar-refractivity contribution in [3.8, 4) is 6.07 Å². The molecule has 94 valence electrons. The fraction of sp³-hybridized carbons (Fsp3) is 0.417. The molecule has 0 bridgehead atoms. The molecule has 0 spiro atoms. The molecule has 0 aromatic heterocycles. The number of azide groups is 1. The van der Waals surface area contributed by atoms with E-state index in [2.05, 4.69) is 37.3 Å². The molecule has 1 N–H and O–H groups in total. The van der Waals surface area contributed by atoms with Crippen LogP contribution in [0.1, 0.15) is 23.6 Å². The van der Waals surface area contributed by atoms with E-state index in [0.29, 0.717) is 13.1 Å². The summed E-state index contributed by atoms with van der Waals surface area (Å²) in [7, 11) is 0. The Balaban J connectivity index is 2.58. The zero-order chi connectivity index (χ0) is 13.4. The van der Waals surface area contributed by atoms with Crippen LogP contribution in [0.15, 0.2) is 27.8 Å². The lowest BCUT2D eigenvalue weighted by Gasteiger charge is -2.12. The van der Waals surface area contributed by atoms with Gasteiger partial charge in [-0.05, 0) is 42.6 Å². The van der Waals surface area contributed by atoms with Crippen LogP contribution < -0.4 is 5.32 Å². The van der Waals surface area contributed by atoms with E-state index >= 15 is 0 Å². The molecular weight excluding hydrogens is 294 g/mol. The van der Waals surface area contributed by atoms with Gasteiger partial charge in [-0.1, -0.05) is 33.2 Å². The summed E-state index contributed by atoms with van der Waals surface area (Å²) in [4.78, 5) is 2.68. The molecule has 5 nitrogen and oxygen atoms in total. The summed E-state index contributed by atoms with van der Waals surface area (Å²) in [5.74, 6) is 0. The van der Waals surface area contributed by atoms with Crippen molar-refractivity contribution >= 4 is 15.9 Å². The van der Waals surface area contributed by atoms with Crippen molar-refractivity contribution < 1.29 is 0 Å². The fourth-order valence-electron chi connectivity index (χ4n) is 1.47. The lowest BCUT2D eigenvalue weighted by Crippen LogP contribution is -2.21. The van der Waals surface area contributed by atoms with E-state index in [0.717, 1.165) is 22.0 Å². The summed E-state index contributed by atoms with van der Waals surface area (Å²) in [6.45, 7) is 3.09. The van der Waals surface area contributed by atoms with Gasteiger partial charge in [0.05, 0.1) is 6.07 Å². The number of hydrogen-bond acceptors (Lipinski definition) is 3. The molecule has 1 unspecified atom stereocenters. The van der Waals surface area contributed by atoms with Gasteiger partial charge in [0.1, 0.15) is 6.04 Å². The van der Waals surface area contributed by atoms with Gasteiger partial charge in [-0.3, -0.25) is 5.32 Å². The lowest BCUT2D eigenvalue weighted by atomic mass is 10.1. The molecule has 1 aromatic rings. The second-order valence-corrected chi connectivity index (χ2v) is 4.69. The maximum Gasteiger partial charge on any atom is 0.121 e. The van der Waals surface area contributed by atoms with Gasteiger partial charge in [0.25, 0.3) is 0 Å². The SMILES string of the molecule is Cc1ccc(C(C#N)NCCCN=[N+]=[N-])cc1Br. The maximum atomic E-state index is 9.13. The Kier molecular flexibility index (Phi) is 6.23. The van der Waals surface area contributed by atoms with Crippen LogP contribution in [-0.4, -0.2) is 13.1 Å². The first-order valence-electron chi connectivity index (χ1n) is 5.59. The number of hydrogen-bond donors (Lipinski definition) is 1. The third-order valence-electron chi connectivity index (χ3n) is 2.50. The van der Waals surface area contributed by atoms with Gasteiger partial charge >= 0.3 is 0 Å². The summed E-state index contributed by atoms with van der Waals surface area (Å²) >= 11 is 3.45. The fourth-order valence-corrected chi connectivity index (χ4v) is 1.86. The van der Waals surface area contributed by atoms with Gasteiger partial charge in [0, 0.05) is 15.9 Å². The van der Waals surface area contributed by atoms with Crippen molar-refractivity contribution in [1.29, 1.82) is 5.26 Å². The Bertz CT molecular complexity index is 488. The zero-order valence-corrected chi connectivity index (χ0v) is 11.7. The highest BCUT2D eigenvalue weighted by atomic mass is 79.9. The van der Waals surface area contributed by atoms with Crippen molar-refractivity contribution in [1.82, 2.24) is 5.32 Å². The van der Waals surface area contributed by atoms with Gasteiger partial charge in [0.2, 0.25) is 0 Å². The predicted molar refractivity (Wildman–Crippen MR) is 73.9 cm³/mol. The summed E-state index contributed by atoms with van der Waals surface area (Å²) < 4.78 is 0.996. The number of nitriles is 1. The summed E-state index contributed by atoms with van der Waals surface area (Å²) in [5.41, 5.74) is 10.2. The largest absolute Gasteiger partial charge is 0.298 e. The van der Waals surface area contributed by atoms with Crippen molar-refractivity contribution in [2.75, 3.05) is 13.1 Å². The van der Waals surface area contributed by atoms with E-state index < -0.39 is 0 Å². The number of nitrogens with one attached hydrogen (secondary N) is 1. The number of halogens is 1. The highest BCUT2D eigenvalue weighted by Crippen LogP contribution is 2.21. The van der Waals surface area contributed by atoms with Crippen LogP contribution in [0.5, 0.6) is 0 Å². The standard InChI is InChI=1S/C12H14BrN5/c1-9-3-4-10(7-11(9)13)12(8-14)16-5-2-6-17-18-15/h3-4,7,12,16H,2,5-6H2,1H3. The van der Waals surface area contributed by atoms with Crippen LogP contribution in [0.25, 0.3) is 10.4 Å². The van der Waals surface area contributed by atoms with Crippen LogP contribution >= 0.6 is 15.9 Å². The lowest BCUT2D eigenvalue weighted by molar-refractivity contribution is 0.607. The van der Waals surface area contributed by atoms with Crippen molar-refractivity contribution in [2.24, 2.45) is 5.11 Å². The Morgan fingerprint density at radius 2 is 2.39 bits per heavy atom. The minimum atomic E-state index is -0.340. The second kappa shape index (κ2) is 7.72. The summed E-state index contributed by atoms with van der Waals surface area (Å²) in [6, 6.07) is 7.75. The topological polar surface area (TPSA) is 84.6 Å². The molecule has 1 rings (SSSR count). The van der Waals surface area contributed by atoms with Crippen LogP contribution in [0.4, 0.5) is 0 Å². The molecule has 0 fully saturated rings. The van der Waals surface area contributed by atoms with Crippen molar-refractivity contribution in [3.05, 3.63) is 44.2 Å². The molecule has 0 amide bonds. The first kappa shape index (κ1) is 14.5. The van der Waals surface area contributed by atoms with Crippen LogP contribution in [0.2, 0.25) is 0 Å². The molecule has 18 heavy (non-hydrogen) atoms. The highest BCUT2D eigenvalue weighted by molar-refractivity contribution is 9.10. The molecule has 0 aliphatic carbocycles. The van der Waals surface area contributed by atoms with E-state index in [1.807, 2.05) is 25.1 Å². The van der Waals surface area contributed by atoms with Gasteiger partial charge in [-0.25, -0.2) is 0 Å². The summed E-state index contributed by atoms with van der Waals surface area (Å²) in [5, 5.41) is 15.7. The van der Waals surface area contributed by atoms with Gasteiger partial charge < -0.3 is 0 Å². The quantitative estimate of drug-likeness (QED) is 0.377. The average Bonchev–Trinajstić information content (AvgIpc) is 2.37. The van der Waals surface area contributed by atoms with Crippen LogP contribution in [-0.2, 0) is 0 Å². The predicted octanol–water partition coefficient (Wildman–Crippen LogP) is 3.61. The smallest absolute Gasteiger partial charge is 0.121 e. The molecule has 6 heteroatoms. The number of rotatable bonds is 6. The minimum Gasteiger partial charge on any atom is -0.298 e. The third-order valence-corrected chi connectivity index (χ3v) is 3.36. The Hall–Kier alpha value is -1.54. The molecule has 0 aliphatic rings. The van der Waals surface area contributed by atoms with Gasteiger partial charge in [-0.15, -0.1) is 0 Å². The van der Waals surface area contributed by atoms with E-state index in [1.54, 1.807) is 0 Å². The van der Waals surface area contributed by atoms with E-state index in [9.17, 15) is 0 Å². The molecular formula is C12H14BrN5. The van der Waals surface area contributed by atoms with Crippen LogP contribution in [0, 0.1) is 18.3 Å². The monoisotopic (exact) mass is 307 g/mol. The third kappa shape index (κ3) is 4.38. The first-order chi connectivity index (χ1) is 8.69. The Labute approximate surface area is 115 Å². The van der Waals surface area contributed by atoms with E-state index in [-0.39, 0.29) is 6.04 Å². The highest BCUT2D eigenvalue weighted by Gasteiger charge is 2.10. The molecule has 1 atom stereocenters. The number of benzene rings is 1. The molecule has 0 saturated heterocycles. The molecule has 0 radical (unpaired) electrons. The number of nitrogens with zero attached hydrogens (tertiary/aromatic N) is 4. The average molecular weight is 308 g/mol. The second-order valence-electron chi connectivity index (χ2n) is 3.83. The number of aryl methyl sites for hydroxylation is 1. The van der Waals surface area contributed by atoms with E-state index in [4.69, 9.17) is 10.8 Å². The molecule has 0 saturated carbocycles. The minimum absolute atomic E-state index is 0.340. The Morgan fingerprint density at radius 1 is 1.61 bits per heavy atom. The normalized spacial score (nSPS) is 11.4. The van der Waals surface area contributed by atoms with Gasteiger partial charge in [-0.2, -0.15) is 5.26 Å². The molecule has 1 aromatic carbocycles. The van der Waals surface area contributed by atoms with Crippen molar-refractivity contribution in [3.63, 3.8) is 0 Å². The molecule has 0 aliphatic heterocycles. The Morgan fingerprint density at radius 3 is 3.00 bits per heavy atom. The maximum absolute atomic E-state index is 9.13. The van der Waals surface area contributed by atoms with Crippen LogP contribution in [0.3, 0.4) is 0 Å². The van der Waals surface area contributed by atoms with Crippen molar-refractivity contribution in [2.45, 2.75) is 19.4 Å². The zero-order valence-electron chi connectivity index (χ0n) is 10.1. The van der Waals surface area contributed by atoms with E-state index in [1.165, 1.54) is 0 Å². The summed E-state index contributed by atoms with van der Waals surface area (Å²) in [6.07, 6.45) is 0.718. The first-order valence-corrected chi connectivity index (χ1v) is 6.38. The van der Waals surface area contributed by atoms with Gasteiger partial charge in [0.15, 0.2) is 0 Å².